The molecule has 0 radical (unpaired) electrons. The highest BCUT2D eigenvalue weighted by Gasteiger charge is 2.10. The predicted octanol–water partition coefficient (Wildman–Crippen LogP) is 3.62. The Morgan fingerprint density at radius 1 is 1.19 bits per heavy atom. The second kappa shape index (κ2) is 8.05. The number of benzene rings is 1. The number of anilines is 1. The van der Waals surface area contributed by atoms with Crippen LogP contribution >= 0.6 is 11.8 Å². The first kappa shape index (κ1) is 18.0. The molecule has 0 unspecified atom stereocenters. The van der Waals surface area contributed by atoms with Crippen LogP contribution in [0, 0.1) is 13.8 Å². The van der Waals surface area contributed by atoms with Crippen LogP contribution in [-0.4, -0.2) is 33.3 Å². The number of aryl methyl sites for hydroxylation is 2. The van der Waals surface area contributed by atoms with Gasteiger partial charge in [-0.25, -0.2) is 9.97 Å². The minimum Gasteiger partial charge on any atom is -0.481 e. The largest absolute Gasteiger partial charge is 0.481 e. The van der Waals surface area contributed by atoms with E-state index < -0.39 is 0 Å². The number of imidazole rings is 1. The lowest BCUT2D eigenvalue weighted by atomic mass is 10.1. The van der Waals surface area contributed by atoms with Crippen molar-refractivity contribution in [3.05, 3.63) is 60.0 Å². The number of hydrogen-bond donors (Lipinski definition) is 1. The van der Waals surface area contributed by atoms with Gasteiger partial charge in [-0.3, -0.25) is 9.36 Å². The quantitative estimate of drug-likeness (QED) is 0.673. The Labute approximate surface area is 156 Å². The van der Waals surface area contributed by atoms with E-state index >= 15 is 0 Å². The first-order chi connectivity index (χ1) is 12.6. The maximum Gasteiger partial charge on any atom is 0.234 e. The Morgan fingerprint density at radius 3 is 2.73 bits per heavy atom. The Kier molecular flexibility index (Phi) is 5.58. The first-order valence-electron chi connectivity index (χ1n) is 8.10. The van der Waals surface area contributed by atoms with Gasteiger partial charge in [-0.1, -0.05) is 17.8 Å². The highest BCUT2D eigenvalue weighted by molar-refractivity contribution is 7.99. The minimum absolute atomic E-state index is 0.114. The molecule has 0 bridgehead atoms. The number of amides is 1. The number of ether oxygens (including phenoxy) is 1. The average Bonchev–Trinajstić information content (AvgIpc) is 3.11. The maximum absolute atomic E-state index is 12.2. The molecule has 0 aliphatic rings. The van der Waals surface area contributed by atoms with Crippen LogP contribution in [0.3, 0.4) is 0 Å². The number of methoxy groups -OCH3 is 1. The molecule has 0 atom stereocenters. The molecule has 0 fully saturated rings. The summed E-state index contributed by atoms with van der Waals surface area (Å²) in [6, 6.07) is 9.71. The summed E-state index contributed by atoms with van der Waals surface area (Å²) in [6.07, 6.45) is 5.21. The molecule has 1 N–H and O–H groups in total. The molecule has 3 aromatic rings. The Morgan fingerprint density at radius 2 is 2.04 bits per heavy atom. The molecule has 2 heterocycles. The van der Waals surface area contributed by atoms with Crippen molar-refractivity contribution in [3.63, 3.8) is 0 Å². The zero-order valence-electron chi connectivity index (χ0n) is 14.9. The SMILES string of the molecule is COc1ccc(NC(=O)CSc2nccn2-c2ccc(C)c(C)c2)cn1. The lowest BCUT2D eigenvalue weighted by molar-refractivity contribution is -0.113. The maximum atomic E-state index is 12.2. The highest BCUT2D eigenvalue weighted by atomic mass is 32.2. The van der Waals surface area contributed by atoms with E-state index in [-0.39, 0.29) is 11.7 Å². The summed E-state index contributed by atoms with van der Waals surface area (Å²) in [7, 11) is 1.55. The molecule has 0 aliphatic heterocycles. The van der Waals surface area contributed by atoms with E-state index in [4.69, 9.17) is 4.74 Å². The lowest BCUT2D eigenvalue weighted by Gasteiger charge is -2.10. The fourth-order valence-electron chi connectivity index (χ4n) is 2.37. The Hall–Kier alpha value is -2.80. The summed E-state index contributed by atoms with van der Waals surface area (Å²) in [5.41, 5.74) is 4.13. The van der Waals surface area contributed by atoms with Crippen LogP contribution in [0.25, 0.3) is 5.69 Å². The van der Waals surface area contributed by atoms with E-state index in [1.165, 1.54) is 22.9 Å². The van der Waals surface area contributed by atoms with E-state index in [0.29, 0.717) is 11.6 Å². The van der Waals surface area contributed by atoms with Gasteiger partial charge < -0.3 is 10.1 Å². The van der Waals surface area contributed by atoms with Gasteiger partial charge in [-0.2, -0.15) is 0 Å². The summed E-state index contributed by atoms with van der Waals surface area (Å²) in [5.74, 6) is 0.651. The third kappa shape index (κ3) is 4.23. The van der Waals surface area contributed by atoms with Crippen LogP contribution in [0.2, 0.25) is 0 Å². The molecule has 1 amide bonds. The number of nitrogens with zero attached hydrogens (tertiary/aromatic N) is 3. The molecule has 26 heavy (non-hydrogen) atoms. The zero-order valence-corrected chi connectivity index (χ0v) is 15.7. The smallest absolute Gasteiger partial charge is 0.234 e. The molecule has 0 saturated heterocycles. The van der Waals surface area contributed by atoms with Crippen molar-refractivity contribution in [1.82, 2.24) is 14.5 Å². The summed E-state index contributed by atoms with van der Waals surface area (Å²) in [6.45, 7) is 4.17. The molecule has 134 valence electrons. The molecule has 0 saturated carbocycles. The first-order valence-corrected chi connectivity index (χ1v) is 9.09. The van der Waals surface area contributed by atoms with Gasteiger partial charge >= 0.3 is 0 Å². The predicted molar refractivity (Wildman–Crippen MR) is 103 cm³/mol. The van der Waals surface area contributed by atoms with Gasteiger partial charge in [-0.15, -0.1) is 0 Å². The van der Waals surface area contributed by atoms with Crippen LogP contribution in [0.15, 0.2) is 54.1 Å². The highest BCUT2D eigenvalue weighted by Crippen LogP contribution is 2.22. The molecule has 0 spiro atoms. The van der Waals surface area contributed by atoms with Gasteiger partial charge in [-0.05, 0) is 43.2 Å². The topological polar surface area (TPSA) is 69.0 Å². The molecule has 3 rings (SSSR count). The second-order valence-electron chi connectivity index (χ2n) is 5.77. The third-order valence-electron chi connectivity index (χ3n) is 3.94. The fourth-order valence-corrected chi connectivity index (χ4v) is 3.14. The van der Waals surface area contributed by atoms with Gasteiger partial charge in [0.2, 0.25) is 11.8 Å². The number of carbonyl (C=O) groups is 1. The van der Waals surface area contributed by atoms with E-state index in [2.05, 4.69) is 47.3 Å². The van der Waals surface area contributed by atoms with Crippen molar-refractivity contribution in [2.45, 2.75) is 19.0 Å². The Balaban J connectivity index is 1.63. The van der Waals surface area contributed by atoms with E-state index in [1.54, 1.807) is 31.6 Å². The standard InChI is InChI=1S/C19H20N4O2S/c1-13-4-6-16(10-14(13)2)23-9-8-20-19(23)26-12-17(24)22-15-5-7-18(25-3)21-11-15/h4-11H,12H2,1-3H3,(H,22,24). The third-order valence-corrected chi connectivity index (χ3v) is 4.90. The van der Waals surface area contributed by atoms with Crippen LogP contribution in [0.1, 0.15) is 11.1 Å². The van der Waals surface area contributed by atoms with E-state index in [9.17, 15) is 4.79 Å². The van der Waals surface area contributed by atoms with Crippen molar-refractivity contribution in [1.29, 1.82) is 0 Å². The normalized spacial score (nSPS) is 10.6. The monoisotopic (exact) mass is 368 g/mol. The van der Waals surface area contributed by atoms with E-state index in [1.807, 2.05) is 10.8 Å². The van der Waals surface area contributed by atoms with Gasteiger partial charge in [0.1, 0.15) is 0 Å². The minimum atomic E-state index is -0.114. The van der Waals surface area contributed by atoms with Crippen LogP contribution in [0.5, 0.6) is 5.88 Å². The molecular weight excluding hydrogens is 348 g/mol. The molecular formula is C19H20N4O2S. The molecule has 6 nitrogen and oxygen atoms in total. The van der Waals surface area contributed by atoms with Crippen LogP contribution in [-0.2, 0) is 4.79 Å². The number of pyridine rings is 1. The number of nitrogens with one attached hydrogen (secondary N) is 1. The van der Waals surface area contributed by atoms with Crippen molar-refractivity contribution in [2.24, 2.45) is 0 Å². The summed E-state index contributed by atoms with van der Waals surface area (Å²) < 4.78 is 6.99. The number of aromatic nitrogens is 3. The van der Waals surface area contributed by atoms with E-state index in [0.717, 1.165) is 10.8 Å². The lowest BCUT2D eigenvalue weighted by Crippen LogP contribution is -2.14. The summed E-state index contributed by atoms with van der Waals surface area (Å²) in [4.78, 5) is 20.6. The number of thioether (sulfide) groups is 1. The van der Waals surface area contributed by atoms with Gasteiger partial charge in [0.15, 0.2) is 5.16 Å². The zero-order chi connectivity index (χ0) is 18.5. The van der Waals surface area contributed by atoms with Crippen molar-refractivity contribution >= 4 is 23.4 Å². The second-order valence-corrected chi connectivity index (χ2v) is 6.72. The summed E-state index contributed by atoms with van der Waals surface area (Å²) in [5, 5.41) is 3.59. The van der Waals surface area contributed by atoms with Crippen LogP contribution in [0.4, 0.5) is 5.69 Å². The van der Waals surface area contributed by atoms with Gasteiger partial charge in [0.25, 0.3) is 0 Å². The van der Waals surface area contributed by atoms with Crippen molar-refractivity contribution in [3.8, 4) is 11.6 Å². The van der Waals surface area contributed by atoms with Crippen molar-refractivity contribution in [2.75, 3.05) is 18.2 Å². The van der Waals surface area contributed by atoms with Crippen molar-refractivity contribution < 1.29 is 9.53 Å². The number of carbonyl (C=O) groups excluding carboxylic acids is 1. The fraction of sp³-hybridized carbons (Fsp3) is 0.211. The average molecular weight is 368 g/mol. The molecule has 2 aromatic heterocycles. The number of hydrogen-bond acceptors (Lipinski definition) is 5. The van der Waals surface area contributed by atoms with Gasteiger partial charge in [0, 0.05) is 24.1 Å². The number of rotatable bonds is 6. The Bertz CT molecular complexity index is 906. The molecule has 7 heteroatoms. The van der Waals surface area contributed by atoms with Gasteiger partial charge in [0.05, 0.1) is 24.7 Å². The molecule has 1 aromatic carbocycles. The summed E-state index contributed by atoms with van der Waals surface area (Å²) >= 11 is 1.39. The van der Waals surface area contributed by atoms with Crippen LogP contribution < -0.4 is 10.1 Å². The molecule has 0 aliphatic carbocycles.